The van der Waals surface area contributed by atoms with Crippen molar-refractivity contribution < 1.29 is 9.59 Å². The van der Waals surface area contributed by atoms with E-state index in [1.54, 1.807) is 0 Å². The molecule has 1 unspecified atom stereocenters. The minimum atomic E-state index is -0.224. The number of likely N-dealkylation sites (tertiary alicyclic amines) is 1. The number of carbonyl (C=O) groups is 2. The lowest BCUT2D eigenvalue weighted by atomic mass is 9.94. The lowest BCUT2D eigenvalue weighted by molar-refractivity contribution is -0.127. The molecule has 0 saturated carbocycles. The molecule has 30 heavy (non-hydrogen) atoms. The van der Waals surface area contributed by atoms with Gasteiger partial charge in [0.2, 0.25) is 11.8 Å². The van der Waals surface area contributed by atoms with Crippen molar-refractivity contribution in [2.75, 3.05) is 18.4 Å². The summed E-state index contributed by atoms with van der Waals surface area (Å²) in [5.41, 5.74) is 3.14. The van der Waals surface area contributed by atoms with E-state index in [0.29, 0.717) is 12.5 Å². The normalized spacial score (nSPS) is 16.3. The number of hydrogen-bond acceptors (Lipinski definition) is 3. The molecule has 1 atom stereocenters. The zero-order valence-corrected chi connectivity index (χ0v) is 18.2. The van der Waals surface area contributed by atoms with E-state index in [-0.39, 0.29) is 23.8 Å². The van der Waals surface area contributed by atoms with Crippen molar-refractivity contribution in [2.24, 2.45) is 5.92 Å². The molecule has 0 bridgehead atoms. The van der Waals surface area contributed by atoms with Crippen molar-refractivity contribution in [1.82, 2.24) is 10.2 Å². The number of hydrogen-bond donors (Lipinski definition) is 2. The fourth-order valence-corrected chi connectivity index (χ4v) is 4.00. The molecular formula is C25H33N3O2. The molecule has 2 aromatic carbocycles. The summed E-state index contributed by atoms with van der Waals surface area (Å²) in [6, 6.07) is 17.7. The first-order valence-electron chi connectivity index (χ1n) is 10.9. The summed E-state index contributed by atoms with van der Waals surface area (Å²) in [6.07, 6.45) is 1.56. The van der Waals surface area contributed by atoms with Crippen LogP contribution in [-0.4, -0.2) is 35.8 Å². The third-order valence-electron chi connectivity index (χ3n) is 5.98. The zero-order chi connectivity index (χ0) is 21.5. The third kappa shape index (κ3) is 5.70. The summed E-state index contributed by atoms with van der Waals surface area (Å²) in [6.45, 7) is 8.27. The quantitative estimate of drug-likeness (QED) is 0.724. The van der Waals surface area contributed by atoms with Gasteiger partial charge in [-0.15, -0.1) is 0 Å². The largest absolute Gasteiger partial charge is 0.352 e. The van der Waals surface area contributed by atoms with Crippen molar-refractivity contribution in [2.45, 2.75) is 52.1 Å². The summed E-state index contributed by atoms with van der Waals surface area (Å²) in [7, 11) is 0. The average Bonchev–Trinajstić information content (AvgIpc) is 2.78. The maximum Gasteiger partial charge on any atom is 0.241 e. The van der Waals surface area contributed by atoms with Gasteiger partial charge < -0.3 is 10.6 Å². The minimum absolute atomic E-state index is 0.00933. The number of nitrogens with one attached hydrogen (secondary N) is 2. The molecule has 1 saturated heterocycles. The molecule has 3 rings (SSSR count). The van der Waals surface area contributed by atoms with Crippen LogP contribution in [0.3, 0.4) is 0 Å². The van der Waals surface area contributed by atoms with Crippen molar-refractivity contribution >= 4 is 17.5 Å². The number of nitrogens with zero attached hydrogens (tertiary/aromatic N) is 1. The number of benzene rings is 2. The Bertz CT molecular complexity index is 842. The standard InChI is InChI=1S/C25H33N3O2/c1-18(2)22-11-7-8-12-23(22)27-24(29)19(3)28-15-13-21(14-16-28)25(30)26-17-20-9-5-4-6-10-20/h4-12,18-19,21H,13-17H2,1-3H3,(H,26,30)(H,27,29). The summed E-state index contributed by atoms with van der Waals surface area (Å²) < 4.78 is 0. The summed E-state index contributed by atoms with van der Waals surface area (Å²) >= 11 is 0. The summed E-state index contributed by atoms with van der Waals surface area (Å²) in [5.74, 6) is 0.486. The van der Waals surface area contributed by atoms with E-state index in [0.717, 1.165) is 42.7 Å². The molecule has 1 heterocycles. The second-order valence-electron chi connectivity index (χ2n) is 8.42. The molecule has 5 heteroatoms. The van der Waals surface area contributed by atoms with E-state index < -0.39 is 0 Å². The average molecular weight is 408 g/mol. The first-order chi connectivity index (χ1) is 14.5. The number of anilines is 1. The van der Waals surface area contributed by atoms with Gasteiger partial charge in [0, 0.05) is 18.2 Å². The fraction of sp³-hybridized carbons (Fsp3) is 0.440. The van der Waals surface area contributed by atoms with Crippen molar-refractivity contribution in [3.8, 4) is 0 Å². The highest BCUT2D eigenvalue weighted by molar-refractivity contribution is 5.95. The van der Waals surface area contributed by atoms with Crippen LogP contribution < -0.4 is 10.6 Å². The van der Waals surface area contributed by atoms with Crippen LogP contribution in [0.1, 0.15) is 50.7 Å². The predicted octanol–water partition coefficient (Wildman–Crippen LogP) is 4.17. The van der Waals surface area contributed by atoms with Gasteiger partial charge in [-0.3, -0.25) is 14.5 Å². The van der Waals surface area contributed by atoms with Gasteiger partial charge >= 0.3 is 0 Å². The smallest absolute Gasteiger partial charge is 0.241 e. The molecule has 0 aliphatic carbocycles. The summed E-state index contributed by atoms with van der Waals surface area (Å²) in [5, 5.41) is 6.15. The van der Waals surface area contributed by atoms with Gasteiger partial charge in [0.15, 0.2) is 0 Å². The first kappa shape index (κ1) is 22.0. The number of para-hydroxylation sites is 1. The molecule has 0 aromatic heterocycles. The second-order valence-corrected chi connectivity index (χ2v) is 8.42. The fourth-order valence-electron chi connectivity index (χ4n) is 4.00. The lowest BCUT2D eigenvalue weighted by Gasteiger charge is -2.35. The van der Waals surface area contributed by atoms with Gasteiger partial charge in [-0.1, -0.05) is 62.4 Å². The van der Waals surface area contributed by atoms with Crippen LogP contribution >= 0.6 is 0 Å². The Morgan fingerprint density at radius 2 is 1.60 bits per heavy atom. The molecule has 1 aliphatic rings. The van der Waals surface area contributed by atoms with Gasteiger partial charge in [-0.2, -0.15) is 0 Å². The Kier molecular flexibility index (Phi) is 7.63. The third-order valence-corrected chi connectivity index (χ3v) is 5.98. The predicted molar refractivity (Wildman–Crippen MR) is 121 cm³/mol. The monoisotopic (exact) mass is 407 g/mol. The van der Waals surface area contributed by atoms with Crippen LogP contribution in [-0.2, 0) is 16.1 Å². The number of rotatable bonds is 7. The molecular weight excluding hydrogens is 374 g/mol. The van der Waals surface area contributed by atoms with E-state index in [4.69, 9.17) is 0 Å². The van der Waals surface area contributed by atoms with E-state index in [1.165, 1.54) is 0 Å². The van der Waals surface area contributed by atoms with Crippen molar-refractivity contribution in [3.05, 3.63) is 65.7 Å². The molecule has 2 amide bonds. The Hall–Kier alpha value is -2.66. The zero-order valence-electron chi connectivity index (χ0n) is 18.2. The topological polar surface area (TPSA) is 61.4 Å². The molecule has 5 nitrogen and oxygen atoms in total. The van der Waals surface area contributed by atoms with Gasteiger partial charge in [-0.25, -0.2) is 0 Å². The summed E-state index contributed by atoms with van der Waals surface area (Å²) in [4.78, 5) is 27.5. The maximum absolute atomic E-state index is 12.8. The van der Waals surface area contributed by atoms with Crippen LogP contribution in [0.15, 0.2) is 54.6 Å². The van der Waals surface area contributed by atoms with Crippen LogP contribution in [0.25, 0.3) is 0 Å². The minimum Gasteiger partial charge on any atom is -0.352 e. The van der Waals surface area contributed by atoms with Crippen LogP contribution in [0.2, 0.25) is 0 Å². The van der Waals surface area contributed by atoms with E-state index in [1.807, 2.05) is 55.5 Å². The first-order valence-corrected chi connectivity index (χ1v) is 10.9. The maximum atomic E-state index is 12.8. The molecule has 0 radical (unpaired) electrons. The molecule has 1 aliphatic heterocycles. The Morgan fingerprint density at radius 1 is 0.967 bits per heavy atom. The number of piperidine rings is 1. The molecule has 160 valence electrons. The Morgan fingerprint density at radius 3 is 2.27 bits per heavy atom. The number of carbonyl (C=O) groups excluding carboxylic acids is 2. The van der Waals surface area contributed by atoms with E-state index in [2.05, 4.69) is 35.4 Å². The SMILES string of the molecule is CC(C)c1ccccc1NC(=O)C(C)N1CCC(C(=O)NCc2ccccc2)CC1. The Labute approximate surface area is 179 Å². The van der Waals surface area contributed by atoms with Crippen molar-refractivity contribution in [1.29, 1.82) is 0 Å². The highest BCUT2D eigenvalue weighted by Gasteiger charge is 2.30. The van der Waals surface area contributed by atoms with E-state index >= 15 is 0 Å². The van der Waals surface area contributed by atoms with Crippen LogP contribution in [0.5, 0.6) is 0 Å². The molecule has 2 aromatic rings. The number of amides is 2. The Balaban J connectivity index is 1.48. The molecule has 1 fully saturated rings. The van der Waals surface area contributed by atoms with Gasteiger partial charge in [0.05, 0.1) is 6.04 Å². The molecule has 2 N–H and O–H groups in total. The van der Waals surface area contributed by atoms with E-state index in [9.17, 15) is 9.59 Å². The highest BCUT2D eigenvalue weighted by atomic mass is 16.2. The van der Waals surface area contributed by atoms with Gasteiger partial charge in [0.25, 0.3) is 0 Å². The van der Waals surface area contributed by atoms with Gasteiger partial charge in [-0.05, 0) is 56.0 Å². The van der Waals surface area contributed by atoms with Crippen molar-refractivity contribution in [3.63, 3.8) is 0 Å². The highest BCUT2D eigenvalue weighted by Crippen LogP contribution is 2.25. The van der Waals surface area contributed by atoms with Gasteiger partial charge in [0.1, 0.15) is 0 Å². The lowest BCUT2D eigenvalue weighted by Crippen LogP contribution is -2.48. The van der Waals surface area contributed by atoms with Crippen LogP contribution in [0, 0.1) is 5.92 Å². The molecule has 0 spiro atoms. The van der Waals surface area contributed by atoms with Crippen LogP contribution in [0.4, 0.5) is 5.69 Å². The second kappa shape index (κ2) is 10.4.